The Bertz CT molecular complexity index is 343. The Morgan fingerprint density at radius 2 is 1.57 bits per heavy atom. The maximum Gasteiger partial charge on any atom is 0.389 e. The largest absolute Gasteiger partial charge is 0.389 e. The molecule has 0 aromatic rings. The van der Waals surface area contributed by atoms with E-state index < -0.39 is 28.4 Å². The predicted octanol–water partition coefficient (Wildman–Crippen LogP) is 3.46. The van der Waals surface area contributed by atoms with Gasteiger partial charge in [-0.1, -0.05) is 0 Å². The van der Waals surface area contributed by atoms with Gasteiger partial charge in [-0.15, -0.1) is 0 Å². The van der Waals surface area contributed by atoms with Crippen LogP contribution in [-0.4, -0.2) is 17.0 Å². The molecule has 0 spiro atoms. The molecule has 86 valence electrons. The standard InChI is InChI=1S/C3H8F3O5P3/c1-3(13(5,8)9)14(6,10)11-12(2,4)7/h3H,1-2H3,(H,8,9). The average Bonchev–Trinajstić information content (AvgIpc) is 1.78. The van der Waals surface area contributed by atoms with Crippen molar-refractivity contribution < 1.29 is 35.5 Å². The van der Waals surface area contributed by atoms with E-state index in [0.717, 1.165) is 0 Å². The highest BCUT2D eigenvalue weighted by Crippen LogP contribution is 2.74. The van der Waals surface area contributed by atoms with Gasteiger partial charge in [0, 0.05) is 6.66 Å². The molecule has 1 N–H and O–H groups in total. The monoisotopic (exact) mass is 274 g/mol. The van der Waals surface area contributed by atoms with Crippen molar-refractivity contribution in [1.82, 2.24) is 0 Å². The molecule has 0 saturated heterocycles. The van der Waals surface area contributed by atoms with E-state index in [9.17, 15) is 26.3 Å². The van der Waals surface area contributed by atoms with Crippen LogP contribution in [-0.2, 0) is 18.0 Å². The number of hydrogen-bond acceptors (Lipinski definition) is 4. The zero-order valence-corrected chi connectivity index (χ0v) is 9.82. The highest BCUT2D eigenvalue weighted by Gasteiger charge is 2.48. The quantitative estimate of drug-likeness (QED) is 0.794. The van der Waals surface area contributed by atoms with Crippen LogP contribution in [0.15, 0.2) is 0 Å². The van der Waals surface area contributed by atoms with E-state index in [2.05, 4.69) is 4.31 Å². The maximum atomic E-state index is 12.8. The molecule has 0 rings (SSSR count). The Labute approximate surface area is 78.4 Å². The van der Waals surface area contributed by atoms with E-state index in [0.29, 0.717) is 13.6 Å². The van der Waals surface area contributed by atoms with Gasteiger partial charge in [0.1, 0.15) is 0 Å². The second kappa shape index (κ2) is 4.11. The van der Waals surface area contributed by atoms with Crippen LogP contribution in [0, 0.1) is 0 Å². The van der Waals surface area contributed by atoms with E-state index in [1.165, 1.54) is 0 Å². The fraction of sp³-hybridized carbons (Fsp3) is 1.00. The molecule has 0 aromatic carbocycles. The molecule has 4 unspecified atom stereocenters. The summed E-state index contributed by atoms with van der Waals surface area (Å²) in [7, 11) is -16.0. The Kier molecular flexibility index (Phi) is 4.22. The van der Waals surface area contributed by atoms with E-state index in [4.69, 9.17) is 4.89 Å². The van der Waals surface area contributed by atoms with E-state index in [1.54, 1.807) is 0 Å². The van der Waals surface area contributed by atoms with Crippen LogP contribution in [0.4, 0.5) is 12.6 Å². The smallest absolute Gasteiger partial charge is 0.321 e. The highest BCUT2D eigenvalue weighted by atomic mass is 31.3. The van der Waals surface area contributed by atoms with Gasteiger partial charge in [-0.05, 0) is 6.92 Å². The first kappa shape index (κ1) is 14.4. The molecule has 0 radical (unpaired) electrons. The van der Waals surface area contributed by atoms with Crippen LogP contribution in [0.1, 0.15) is 6.92 Å². The predicted molar refractivity (Wildman–Crippen MR) is 44.8 cm³/mol. The van der Waals surface area contributed by atoms with Crippen molar-refractivity contribution in [3.63, 3.8) is 0 Å². The van der Waals surface area contributed by atoms with Crippen molar-refractivity contribution in [3.05, 3.63) is 0 Å². The van der Waals surface area contributed by atoms with Crippen LogP contribution >= 0.6 is 23.0 Å². The first-order valence-corrected chi connectivity index (χ1v) is 8.33. The van der Waals surface area contributed by atoms with Gasteiger partial charge in [0.2, 0.25) is 0 Å². The lowest BCUT2D eigenvalue weighted by molar-refractivity contribution is 0.386. The van der Waals surface area contributed by atoms with Crippen LogP contribution in [0.5, 0.6) is 0 Å². The summed E-state index contributed by atoms with van der Waals surface area (Å²) >= 11 is 0. The lowest BCUT2D eigenvalue weighted by Gasteiger charge is -2.16. The molecular formula is C3H8F3O5P3. The Balaban J connectivity index is 4.91. The molecule has 0 aliphatic rings. The third-order valence-electron chi connectivity index (χ3n) is 1.16. The van der Waals surface area contributed by atoms with Crippen molar-refractivity contribution >= 4 is 23.0 Å². The lowest BCUT2D eigenvalue weighted by Crippen LogP contribution is -2.00. The van der Waals surface area contributed by atoms with Crippen molar-refractivity contribution in [2.24, 2.45) is 0 Å². The first-order chi connectivity index (χ1) is 5.86. The Morgan fingerprint density at radius 3 is 1.79 bits per heavy atom. The molecular weight excluding hydrogens is 266 g/mol. The Morgan fingerprint density at radius 1 is 1.21 bits per heavy atom. The van der Waals surface area contributed by atoms with Gasteiger partial charge in [0.15, 0.2) is 5.40 Å². The third-order valence-corrected chi connectivity index (χ3v) is 6.72. The minimum absolute atomic E-state index is 0.298. The summed E-state index contributed by atoms with van der Waals surface area (Å²) in [5, 5.41) is -2.56. The van der Waals surface area contributed by atoms with Gasteiger partial charge in [-0.25, -0.2) is 4.31 Å². The zero-order chi connectivity index (χ0) is 11.8. The number of rotatable bonds is 4. The summed E-state index contributed by atoms with van der Waals surface area (Å²) in [6, 6.07) is 0. The van der Waals surface area contributed by atoms with Gasteiger partial charge in [0.05, 0.1) is 0 Å². The summed E-state index contributed by atoms with van der Waals surface area (Å²) in [6.45, 7) is 0.754. The molecule has 0 aliphatic carbocycles. The molecule has 0 aliphatic heterocycles. The fourth-order valence-electron chi connectivity index (χ4n) is 0.437. The third kappa shape index (κ3) is 4.76. The SMILES string of the molecule is CC(P(=O)(O)F)P(=O)(F)OP(C)(=O)F. The second-order valence-corrected chi connectivity index (χ2v) is 8.76. The summed E-state index contributed by atoms with van der Waals surface area (Å²) in [6.07, 6.45) is 0. The highest BCUT2D eigenvalue weighted by molar-refractivity contribution is 7.76. The summed E-state index contributed by atoms with van der Waals surface area (Å²) in [5.41, 5.74) is 0. The van der Waals surface area contributed by atoms with Crippen molar-refractivity contribution in [2.75, 3.05) is 6.66 Å². The van der Waals surface area contributed by atoms with Crippen LogP contribution in [0.3, 0.4) is 0 Å². The van der Waals surface area contributed by atoms with Gasteiger partial charge < -0.3 is 4.89 Å². The van der Waals surface area contributed by atoms with Crippen molar-refractivity contribution in [1.29, 1.82) is 0 Å². The zero-order valence-electron chi connectivity index (χ0n) is 7.13. The summed E-state index contributed by atoms with van der Waals surface area (Å²) < 4.78 is 71.9. The molecule has 11 heteroatoms. The molecule has 0 heterocycles. The minimum atomic E-state index is -5.55. The van der Waals surface area contributed by atoms with Crippen LogP contribution in [0.2, 0.25) is 0 Å². The lowest BCUT2D eigenvalue weighted by atomic mass is 11.0. The molecule has 0 amide bonds. The minimum Gasteiger partial charge on any atom is -0.321 e. The topological polar surface area (TPSA) is 80.7 Å². The molecule has 4 atom stereocenters. The molecule has 0 aromatic heterocycles. The van der Waals surface area contributed by atoms with Crippen LogP contribution in [0.25, 0.3) is 0 Å². The van der Waals surface area contributed by atoms with Crippen molar-refractivity contribution in [2.45, 2.75) is 12.3 Å². The molecule has 5 nitrogen and oxygen atoms in total. The molecule has 14 heavy (non-hydrogen) atoms. The van der Waals surface area contributed by atoms with Gasteiger partial charge >= 0.3 is 23.0 Å². The van der Waals surface area contributed by atoms with Gasteiger partial charge in [-0.3, -0.25) is 13.7 Å². The number of halogens is 3. The molecule has 0 fully saturated rings. The van der Waals surface area contributed by atoms with E-state index in [1.807, 2.05) is 0 Å². The van der Waals surface area contributed by atoms with Crippen molar-refractivity contribution in [3.8, 4) is 0 Å². The van der Waals surface area contributed by atoms with Gasteiger partial charge in [0.25, 0.3) is 0 Å². The second-order valence-electron chi connectivity index (χ2n) is 2.53. The van der Waals surface area contributed by atoms with E-state index in [-0.39, 0.29) is 0 Å². The molecule has 0 bridgehead atoms. The Hall–Kier alpha value is 0.400. The van der Waals surface area contributed by atoms with E-state index >= 15 is 0 Å². The normalized spacial score (nSPS) is 27.0. The first-order valence-electron chi connectivity index (χ1n) is 3.16. The summed E-state index contributed by atoms with van der Waals surface area (Å²) in [4.78, 5) is 8.20. The average molecular weight is 274 g/mol. The maximum absolute atomic E-state index is 12.8. The molecule has 0 saturated carbocycles. The van der Waals surface area contributed by atoms with Gasteiger partial charge in [-0.2, -0.15) is 12.6 Å². The van der Waals surface area contributed by atoms with Crippen LogP contribution < -0.4 is 0 Å². The number of hydrogen-bond donors (Lipinski definition) is 1. The summed E-state index contributed by atoms with van der Waals surface area (Å²) in [5.74, 6) is 0. The fourth-order valence-corrected chi connectivity index (χ4v) is 4.31.